The highest BCUT2D eigenvalue weighted by atomic mass is 16.5. The van der Waals surface area contributed by atoms with Gasteiger partial charge >= 0.3 is 0 Å². The van der Waals surface area contributed by atoms with Gasteiger partial charge in [0.2, 0.25) is 0 Å². The summed E-state index contributed by atoms with van der Waals surface area (Å²) in [5, 5.41) is 8.65. The van der Waals surface area contributed by atoms with Crippen molar-refractivity contribution in [3.05, 3.63) is 53.5 Å². The minimum atomic E-state index is 0.655. The van der Waals surface area contributed by atoms with Crippen molar-refractivity contribution in [3.8, 4) is 0 Å². The van der Waals surface area contributed by atoms with E-state index in [9.17, 15) is 0 Å². The Kier molecular flexibility index (Phi) is 4.84. The summed E-state index contributed by atoms with van der Waals surface area (Å²) in [4.78, 5) is 9.81. The van der Waals surface area contributed by atoms with E-state index in [1.54, 1.807) is 13.3 Å². The van der Waals surface area contributed by atoms with Gasteiger partial charge in [0.25, 0.3) is 0 Å². The fraction of sp³-hybridized carbons (Fsp3) is 0.333. The zero-order valence-electron chi connectivity index (χ0n) is 14.3. The van der Waals surface area contributed by atoms with Crippen LogP contribution in [0.1, 0.15) is 17.0 Å². The van der Waals surface area contributed by atoms with E-state index in [2.05, 4.69) is 51.6 Å². The van der Waals surface area contributed by atoms with Crippen LogP contribution in [0.5, 0.6) is 0 Å². The number of guanidine groups is 1. The molecule has 6 heteroatoms. The first-order valence-electron chi connectivity index (χ1n) is 8.06. The molecule has 0 spiro atoms. The van der Waals surface area contributed by atoms with Gasteiger partial charge in [-0.2, -0.15) is 0 Å². The van der Waals surface area contributed by atoms with Crippen molar-refractivity contribution in [1.82, 2.24) is 20.4 Å². The second-order valence-electron chi connectivity index (χ2n) is 5.84. The zero-order chi connectivity index (χ0) is 16.9. The van der Waals surface area contributed by atoms with Gasteiger partial charge in [0, 0.05) is 43.3 Å². The van der Waals surface area contributed by atoms with Crippen molar-refractivity contribution >= 4 is 16.9 Å². The Morgan fingerprint density at radius 3 is 2.92 bits per heavy atom. The van der Waals surface area contributed by atoms with Crippen LogP contribution in [-0.2, 0) is 13.0 Å². The molecule has 2 aromatic heterocycles. The van der Waals surface area contributed by atoms with Crippen molar-refractivity contribution in [2.75, 3.05) is 20.6 Å². The lowest BCUT2D eigenvalue weighted by atomic mass is 10.1. The normalized spacial score (nSPS) is 11.9. The van der Waals surface area contributed by atoms with Gasteiger partial charge in [-0.15, -0.1) is 0 Å². The number of hydrogen-bond acceptors (Lipinski definition) is 3. The molecule has 0 saturated carbocycles. The lowest BCUT2D eigenvalue weighted by molar-refractivity contribution is 0.391. The maximum atomic E-state index is 4.87. The number of rotatable bonds is 5. The van der Waals surface area contributed by atoms with Gasteiger partial charge in [0.05, 0.1) is 6.54 Å². The second kappa shape index (κ2) is 7.21. The average Bonchev–Trinajstić information content (AvgIpc) is 3.19. The molecule has 0 saturated heterocycles. The third kappa shape index (κ3) is 3.42. The number of para-hydroxylation sites is 1. The topological polar surface area (TPSA) is 69.5 Å². The number of aliphatic imine (C=N–C) groups is 1. The first-order chi connectivity index (χ1) is 11.7. The van der Waals surface area contributed by atoms with Crippen molar-refractivity contribution in [3.63, 3.8) is 0 Å². The predicted octanol–water partition coefficient (Wildman–Crippen LogP) is 2.71. The summed E-state index contributed by atoms with van der Waals surface area (Å²) in [6.45, 7) is 3.60. The molecule has 0 radical (unpaired) electrons. The molecule has 3 rings (SSSR count). The smallest absolute Gasteiger partial charge is 0.193 e. The van der Waals surface area contributed by atoms with E-state index in [0.717, 1.165) is 24.6 Å². The molecule has 0 aliphatic carbocycles. The molecule has 1 aromatic carbocycles. The first kappa shape index (κ1) is 16.1. The van der Waals surface area contributed by atoms with Gasteiger partial charge in [-0.05, 0) is 25.0 Å². The van der Waals surface area contributed by atoms with Gasteiger partial charge < -0.3 is 19.7 Å². The summed E-state index contributed by atoms with van der Waals surface area (Å²) < 4.78 is 4.87. The average molecular weight is 325 g/mol. The van der Waals surface area contributed by atoms with Crippen molar-refractivity contribution in [2.45, 2.75) is 19.9 Å². The standard InChI is InChI=1S/C18H23N5O/c1-13-15(16-6-4-5-7-17(16)21-13)8-10-20-18(19-2)23(3)12-14-9-11-24-22-14/h4-7,9,11,21H,8,10,12H2,1-3H3,(H,19,20). The summed E-state index contributed by atoms with van der Waals surface area (Å²) in [6.07, 6.45) is 2.52. The monoisotopic (exact) mass is 325 g/mol. The van der Waals surface area contributed by atoms with Crippen LogP contribution in [0, 0.1) is 6.92 Å². The predicted molar refractivity (Wildman–Crippen MR) is 96.1 cm³/mol. The summed E-state index contributed by atoms with van der Waals surface area (Å²) in [5.74, 6) is 0.843. The van der Waals surface area contributed by atoms with Gasteiger partial charge in [0.1, 0.15) is 12.0 Å². The van der Waals surface area contributed by atoms with Crippen LogP contribution in [0.3, 0.4) is 0 Å². The number of aromatic nitrogens is 2. The summed E-state index contributed by atoms with van der Waals surface area (Å²) >= 11 is 0. The highest BCUT2D eigenvalue weighted by molar-refractivity contribution is 5.84. The van der Waals surface area contributed by atoms with Gasteiger partial charge in [-0.1, -0.05) is 23.4 Å². The van der Waals surface area contributed by atoms with Crippen LogP contribution in [0.4, 0.5) is 0 Å². The van der Waals surface area contributed by atoms with E-state index in [1.165, 1.54) is 22.2 Å². The number of H-pyrrole nitrogens is 1. The van der Waals surface area contributed by atoms with Crippen LogP contribution in [0.15, 0.2) is 46.1 Å². The maximum Gasteiger partial charge on any atom is 0.193 e. The van der Waals surface area contributed by atoms with E-state index in [1.807, 2.05) is 18.0 Å². The van der Waals surface area contributed by atoms with Crippen LogP contribution in [0.25, 0.3) is 10.9 Å². The van der Waals surface area contributed by atoms with Crippen LogP contribution in [0.2, 0.25) is 0 Å². The molecule has 0 unspecified atom stereocenters. The number of aromatic amines is 1. The Labute approximate surface area is 141 Å². The largest absolute Gasteiger partial charge is 0.364 e. The van der Waals surface area contributed by atoms with E-state index in [-0.39, 0.29) is 0 Å². The lowest BCUT2D eigenvalue weighted by Gasteiger charge is -2.21. The molecular formula is C18H23N5O. The third-order valence-corrected chi connectivity index (χ3v) is 4.15. The maximum absolute atomic E-state index is 4.87. The molecule has 3 aromatic rings. The van der Waals surface area contributed by atoms with E-state index >= 15 is 0 Å². The molecule has 0 aliphatic heterocycles. The molecule has 0 atom stereocenters. The minimum Gasteiger partial charge on any atom is -0.364 e. The number of nitrogens with zero attached hydrogens (tertiary/aromatic N) is 3. The second-order valence-corrected chi connectivity index (χ2v) is 5.84. The molecule has 0 fully saturated rings. The first-order valence-corrected chi connectivity index (χ1v) is 8.06. The number of fused-ring (bicyclic) bond motifs is 1. The number of hydrogen-bond donors (Lipinski definition) is 2. The lowest BCUT2D eigenvalue weighted by Crippen LogP contribution is -2.39. The molecule has 2 N–H and O–H groups in total. The molecule has 0 bridgehead atoms. The van der Waals surface area contributed by atoms with Crippen molar-refractivity contribution < 1.29 is 4.52 Å². The summed E-state index contributed by atoms with van der Waals surface area (Å²) in [5.41, 5.74) is 4.65. The quantitative estimate of drug-likeness (QED) is 0.559. The highest BCUT2D eigenvalue weighted by Gasteiger charge is 2.10. The van der Waals surface area contributed by atoms with E-state index in [4.69, 9.17) is 4.52 Å². The molecule has 6 nitrogen and oxygen atoms in total. The Morgan fingerprint density at radius 2 is 2.17 bits per heavy atom. The van der Waals surface area contributed by atoms with Gasteiger partial charge in [-0.25, -0.2) is 0 Å². The molecule has 24 heavy (non-hydrogen) atoms. The molecule has 126 valence electrons. The fourth-order valence-corrected chi connectivity index (χ4v) is 2.98. The SMILES string of the molecule is CN=C(NCCc1c(C)[nH]c2ccccc12)N(C)Cc1ccon1. The van der Waals surface area contributed by atoms with Crippen molar-refractivity contribution in [2.24, 2.45) is 4.99 Å². The van der Waals surface area contributed by atoms with Crippen LogP contribution < -0.4 is 5.32 Å². The molecule has 0 amide bonds. The third-order valence-electron chi connectivity index (χ3n) is 4.15. The Morgan fingerprint density at radius 1 is 1.33 bits per heavy atom. The van der Waals surface area contributed by atoms with E-state index in [0.29, 0.717) is 6.54 Å². The molecule has 0 aliphatic rings. The fourth-order valence-electron chi connectivity index (χ4n) is 2.98. The number of aryl methyl sites for hydroxylation is 1. The molecular weight excluding hydrogens is 302 g/mol. The van der Waals surface area contributed by atoms with Gasteiger partial charge in [0.15, 0.2) is 5.96 Å². The molecule has 2 heterocycles. The highest BCUT2D eigenvalue weighted by Crippen LogP contribution is 2.21. The van der Waals surface area contributed by atoms with Crippen LogP contribution in [-0.4, -0.2) is 41.6 Å². The number of nitrogens with one attached hydrogen (secondary N) is 2. The van der Waals surface area contributed by atoms with E-state index < -0.39 is 0 Å². The Hall–Kier alpha value is -2.76. The number of benzene rings is 1. The van der Waals surface area contributed by atoms with Gasteiger partial charge in [-0.3, -0.25) is 4.99 Å². The van der Waals surface area contributed by atoms with Crippen LogP contribution >= 0.6 is 0 Å². The zero-order valence-corrected chi connectivity index (χ0v) is 14.3. The summed E-state index contributed by atoms with van der Waals surface area (Å²) in [7, 11) is 3.78. The Balaban J connectivity index is 1.61. The summed E-state index contributed by atoms with van der Waals surface area (Å²) in [6, 6.07) is 10.3. The minimum absolute atomic E-state index is 0.655. The Bertz CT molecular complexity index is 819. The van der Waals surface area contributed by atoms with Crippen molar-refractivity contribution in [1.29, 1.82) is 0 Å².